The maximum absolute atomic E-state index is 6.27. The minimum atomic E-state index is 0.644. The van der Waals surface area contributed by atoms with Gasteiger partial charge in [-0.05, 0) is 25.2 Å². The minimum absolute atomic E-state index is 0.644. The molecule has 0 bridgehead atoms. The van der Waals surface area contributed by atoms with Crippen LogP contribution in [0.1, 0.15) is 5.69 Å². The van der Waals surface area contributed by atoms with Crippen LogP contribution in [0.25, 0.3) is 11.3 Å². The third kappa shape index (κ3) is 2.35. The summed E-state index contributed by atoms with van der Waals surface area (Å²) in [4.78, 5) is 4.42. The average Bonchev–Trinajstić information content (AvgIpc) is 2.72. The van der Waals surface area contributed by atoms with Gasteiger partial charge in [0, 0.05) is 19.2 Å². The number of methoxy groups -OCH3 is 1. The summed E-state index contributed by atoms with van der Waals surface area (Å²) in [5.41, 5.74) is 2.92. The Bertz CT molecular complexity index is 551. The van der Waals surface area contributed by atoms with Gasteiger partial charge in [0.1, 0.15) is 5.75 Å². The smallest absolute Gasteiger partial charge is 0.120 e. The van der Waals surface area contributed by atoms with E-state index in [4.69, 9.17) is 16.3 Å². The number of nitrogens with one attached hydrogen (secondary N) is 1. The second-order valence-corrected chi connectivity index (χ2v) is 4.43. The highest BCUT2D eigenvalue weighted by Crippen LogP contribution is 2.32. The number of halogens is 1. The van der Waals surface area contributed by atoms with Gasteiger partial charge in [-0.1, -0.05) is 11.6 Å². The first-order valence-corrected chi connectivity index (χ1v) is 6.04. The van der Waals surface area contributed by atoms with Crippen LogP contribution in [0.4, 0.5) is 0 Å². The van der Waals surface area contributed by atoms with E-state index in [1.54, 1.807) is 19.5 Å². The number of hydrogen-bond donors (Lipinski definition) is 1. The molecular weight excluding hydrogens is 250 g/mol. The number of aromatic nitrogens is 2. The average molecular weight is 266 g/mol. The zero-order valence-electron chi connectivity index (χ0n) is 10.7. The van der Waals surface area contributed by atoms with E-state index in [-0.39, 0.29) is 0 Å². The van der Waals surface area contributed by atoms with Crippen molar-refractivity contribution >= 4 is 11.6 Å². The Morgan fingerprint density at radius 3 is 2.83 bits per heavy atom. The van der Waals surface area contributed by atoms with Crippen molar-refractivity contribution in [1.82, 2.24) is 14.9 Å². The molecule has 4 nitrogen and oxygen atoms in total. The van der Waals surface area contributed by atoms with Crippen molar-refractivity contribution in [3.8, 4) is 17.0 Å². The Morgan fingerprint density at radius 2 is 2.22 bits per heavy atom. The summed E-state index contributed by atoms with van der Waals surface area (Å²) in [6, 6.07) is 5.62. The van der Waals surface area contributed by atoms with E-state index >= 15 is 0 Å². The SMILES string of the molecule is CNCc1c(-c2ccc(OC)cc2Cl)ncn1C. The normalized spacial score (nSPS) is 10.7. The number of nitrogens with zero attached hydrogens (tertiary/aromatic N) is 2. The van der Waals surface area contributed by atoms with Crippen molar-refractivity contribution in [1.29, 1.82) is 0 Å². The highest BCUT2D eigenvalue weighted by molar-refractivity contribution is 6.33. The van der Waals surface area contributed by atoms with Crippen LogP contribution in [0, 0.1) is 0 Å². The van der Waals surface area contributed by atoms with Crippen LogP contribution in [-0.4, -0.2) is 23.7 Å². The monoisotopic (exact) mass is 265 g/mol. The van der Waals surface area contributed by atoms with Crippen molar-refractivity contribution in [2.45, 2.75) is 6.54 Å². The topological polar surface area (TPSA) is 39.1 Å². The van der Waals surface area contributed by atoms with Crippen LogP contribution in [0.5, 0.6) is 5.75 Å². The predicted molar refractivity (Wildman–Crippen MR) is 73.0 cm³/mol. The van der Waals surface area contributed by atoms with Crippen LogP contribution in [0.2, 0.25) is 5.02 Å². The quantitative estimate of drug-likeness (QED) is 0.923. The van der Waals surface area contributed by atoms with E-state index in [0.717, 1.165) is 29.2 Å². The van der Waals surface area contributed by atoms with E-state index in [1.807, 2.05) is 30.8 Å². The number of ether oxygens (including phenoxy) is 1. The fourth-order valence-electron chi connectivity index (χ4n) is 1.87. The standard InChI is InChI=1S/C13H16ClN3O/c1-15-7-12-13(16-8-17(12)2)10-5-4-9(18-3)6-11(10)14/h4-6,8,15H,7H2,1-3H3. The molecule has 2 aromatic rings. The van der Waals surface area contributed by atoms with Crippen molar-refractivity contribution in [3.63, 3.8) is 0 Å². The van der Waals surface area contributed by atoms with Crippen LogP contribution in [0.15, 0.2) is 24.5 Å². The van der Waals surface area contributed by atoms with Gasteiger partial charge in [-0.3, -0.25) is 0 Å². The summed E-state index contributed by atoms with van der Waals surface area (Å²) in [6.07, 6.45) is 1.79. The lowest BCUT2D eigenvalue weighted by atomic mass is 10.1. The molecule has 1 N–H and O–H groups in total. The summed E-state index contributed by atoms with van der Waals surface area (Å²) in [7, 11) is 5.51. The molecule has 0 fully saturated rings. The Hall–Kier alpha value is -1.52. The van der Waals surface area contributed by atoms with Crippen LogP contribution < -0.4 is 10.1 Å². The Morgan fingerprint density at radius 1 is 1.44 bits per heavy atom. The lowest BCUT2D eigenvalue weighted by Crippen LogP contribution is -2.10. The Kier molecular flexibility index (Phi) is 3.89. The molecule has 0 radical (unpaired) electrons. The molecule has 18 heavy (non-hydrogen) atoms. The molecular formula is C13H16ClN3O. The molecule has 5 heteroatoms. The van der Waals surface area contributed by atoms with Gasteiger partial charge >= 0.3 is 0 Å². The van der Waals surface area contributed by atoms with Crippen molar-refractivity contribution < 1.29 is 4.74 Å². The van der Waals surface area contributed by atoms with Crippen molar-refractivity contribution in [2.75, 3.05) is 14.2 Å². The zero-order chi connectivity index (χ0) is 13.1. The number of imidazole rings is 1. The molecule has 0 saturated carbocycles. The molecule has 0 aliphatic carbocycles. The van der Waals surface area contributed by atoms with Crippen LogP contribution in [-0.2, 0) is 13.6 Å². The Labute approximate surface area is 112 Å². The predicted octanol–water partition coefficient (Wildman–Crippen LogP) is 2.47. The summed E-state index contributed by atoms with van der Waals surface area (Å²) in [6.45, 7) is 0.744. The molecule has 2 rings (SSSR count). The summed E-state index contributed by atoms with van der Waals surface area (Å²) in [5, 5.41) is 3.78. The number of aryl methyl sites for hydroxylation is 1. The van der Waals surface area contributed by atoms with Gasteiger partial charge in [-0.25, -0.2) is 4.98 Å². The molecule has 0 aliphatic rings. The largest absolute Gasteiger partial charge is 0.497 e. The van der Waals surface area contributed by atoms with Gasteiger partial charge < -0.3 is 14.6 Å². The van der Waals surface area contributed by atoms with Gasteiger partial charge in [0.15, 0.2) is 0 Å². The van der Waals surface area contributed by atoms with E-state index in [0.29, 0.717) is 5.02 Å². The van der Waals surface area contributed by atoms with Gasteiger partial charge in [-0.2, -0.15) is 0 Å². The highest BCUT2D eigenvalue weighted by Gasteiger charge is 2.13. The molecule has 96 valence electrons. The second kappa shape index (κ2) is 5.42. The first-order chi connectivity index (χ1) is 8.67. The molecule has 1 aromatic heterocycles. The van der Waals surface area contributed by atoms with Gasteiger partial charge in [0.05, 0.1) is 29.8 Å². The fraction of sp³-hybridized carbons (Fsp3) is 0.308. The maximum Gasteiger partial charge on any atom is 0.120 e. The molecule has 0 saturated heterocycles. The molecule has 1 heterocycles. The van der Waals surface area contributed by atoms with Gasteiger partial charge in [0.25, 0.3) is 0 Å². The molecule has 0 aliphatic heterocycles. The number of benzene rings is 1. The van der Waals surface area contributed by atoms with Crippen molar-refractivity contribution in [2.24, 2.45) is 7.05 Å². The lowest BCUT2D eigenvalue weighted by Gasteiger charge is -2.08. The second-order valence-electron chi connectivity index (χ2n) is 4.03. The van der Waals surface area contributed by atoms with E-state index in [1.165, 1.54) is 0 Å². The third-order valence-electron chi connectivity index (χ3n) is 2.83. The molecule has 0 spiro atoms. The molecule has 0 amide bonds. The number of hydrogen-bond acceptors (Lipinski definition) is 3. The fourth-order valence-corrected chi connectivity index (χ4v) is 2.13. The first kappa shape index (κ1) is 12.9. The maximum atomic E-state index is 6.27. The van der Waals surface area contributed by atoms with E-state index in [2.05, 4.69) is 10.3 Å². The van der Waals surface area contributed by atoms with Gasteiger partial charge in [0.2, 0.25) is 0 Å². The zero-order valence-corrected chi connectivity index (χ0v) is 11.5. The van der Waals surface area contributed by atoms with Crippen LogP contribution in [0.3, 0.4) is 0 Å². The Balaban J connectivity index is 2.48. The summed E-state index contributed by atoms with van der Waals surface area (Å²) < 4.78 is 7.14. The van der Waals surface area contributed by atoms with E-state index in [9.17, 15) is 0 Å². The molecule has 0 unspecified atom stereocenters. The summed E-state index contributed by atoms with van der Waals surface area (Å²) >= 11 is 6.27. The molecule has 1 aromatic carbocycles. The van der Waals surface area contributed by atoms with Gasteiger partial charge in [-0.15, -0.1) is 0 Å². The minimum Gasteiger partial charge on any atom is -0.497 e. The first-order valence-electron chi connectivity index (χ1n) is 5.66. The molecule has 0 atom stereocenters. The summed E-state index contributed by atoms with van der Waals surface area (Å²) in [5.74, 6) is 0.745. The third-order valence-corrected chi connectivity index (χ3v) is 3.15. The van der Waals surface area contributed by atoms with E-state index < -0.39 is 0 Å². The van der Waals surface area contributed by atoms with Crippen LogP contribution >= 0.6 is 11.6 Å². The van der Waals surface area contributed by atoms with Crippen molar-refractivity contribution in [3.05, 3.63) is 35.2 Å². The number of rotatable bonds is 4. The highest BCUT2D eigenvalue weighted by atomic mass is 35.5. The lowest BCUT2D eigenvalue weighted by molar-refractivity contribution is 0.415.